The Labute approximate surface area is 179 Å². The van der Waals surface area contributed by atoms with Crippen molar-refractivity contribution in [1.82, 2.24) is 14.5 Å². The van der Waals surface area contributed by atoms with Gasteiger partial charge >= 0.3 is 0 Å². The number of hydrogen-bond donors (Lipinski definition) is 1. The van der Waals surface area contributed by atoms with E-state index < -0.39 is 9.84 Å². The van der Waals surface area contributed by atoms with Gasteiger partial charge in [-0.1, -0.05) is 23.2 Å². The monoisotopic (exact) mass is 456 g/mol. The molecule has 0 atom stereocenters. The highest BCUT2D eigenvalue weighted by Crippen LogP contribution is 2.27. The van der Waals surface area contributed by atoms with Gasteiger partial charge < -0.3 is 15.0 Å². The number of imidazole rings is 1. The Morgan fingerprint density at radius 3 is 2.72 bits per heavy atom. The first kappa shape index (κ1) is 21.8. The number of fused-ring (bicyclic) bond motifs is 1. The Bertz CT molecular complexity index is 1150. The van der Waals surface area contributed by atoms with Gasteiger partial charge in [0, 0.05) is 31.3 Å². The van der Waals surface area contributed by atoms with E-state index in [1.165, 1.54) is 18.2 Å². The molecule has 0 bridgehead atoms. The van der Waals surface area contributed by atoms with E-state index in [0.29, 0.717) is 42.4 Å². The SMILES string of the molecule is COCCc1nc2c(N)ncc(C)c2n1CCCS(=O)(=O)c1ccc(Cl)cc1Cl. The molecule has 3 aromatic rings. The lowest BCUT2D eigenvalue weighted by Crippen LogP contribution is -2.13. The quantitative estimate of drug-likeness (QED) is 0.554. The lowest BCUT2D eigenvalue weighted by molar-refractivity contribution is 0.199. The van der Waals surface area contributed by atoms with E-state index in [1.807, 2.05) is 11.5 Å². The number of halogens is 2. The minimum absolute atomic E-state index is 0.0582. The Hall–Kier alpha value is -1.87. The van der Waals surface area contributed by atoms with Gasteiger partial charge in [-0.2, -0.15) is 0 Å². The summed E-state index contributed by atoms with van der Waals surface area (Å²) >= 11 is 11.9. The summed E-state index contributed by atoms with van der Waals surface area (Å²) in [4.78, 5) is 8.87. The van der Waals surface area contributed by atoms with Crippen LogP contribution in [0.15, 0.2) is 29.3 Å². The minimum atomic E-state index is -3.55. The summed E-state index contributed by atoms with van der Waals surface area (Å²) in [5.41, 5.74) is 8.42. The number of hydrogen-bond acceptors (Lipinski definition) is 6. The second kappa shape index (κ2) is 8.87. The van der Waals surface area contributed by atoms with E-state index in [0.717, 1.165) is 16.9 Å². The minimum Gasteiger partial charge on any atom is -0.384 e. The second-order valence-electron chi connectivity index (χ2n) is 6.69. The maximum absolute atomic E-state index is 12.7. The number of benzene rings is 1. The van der Waals surface area contributed by atoms with Gasteiger partial charge in [-0.25, -0.2) is 18.4 Å². The molecule has 0 saturated heterocycles. The molecular weight excluding hydrogens is 435 g/mol. The van der Waals surface area contributed by atoms with Crippen molar-refractivity contribution in [3.63, 3.8) is 0 Å². The van der Waals surface area contributed by atoms with Crippen LogP contribution in [-0.2, 0) is 27.5 Å². The number of aryl methyl sites for hydroxylation is 2. The van der Waals surface area contributed by atoms with Crippen LogP contribution in [-0.4, -0.2) is 42.4 Å². The molecule has 7 nitrogen and oxygen atoms in total. The van der Waals surface area contributed by atoms with Crippen LogP contribution in [0.2, 0.25) is 10.0 Å². The molecule has 10 heteroatoms. The molecule has 2 N–H and O–H groups in total. The van der Waals surface area contributed by atoms with E-state index in [2.05, 4.69) is 9.97 Å². The van der Waals surface area contributed by atoms with Gasteiger partial charge in [0.15, 0.2) is 15.7 Å². The summed E-state index contributed by atoms with van der Waals surface area (Å²) in [7, 11) is -1.93. The Balaban J connectivity index is 1.87. The Morgan fingerprint density at radius 1 is 1.28 bits per heavy atom. The summed E-state index contributed by atoms with van der Waals surface area (Å²) in [5.74, 6) is 1.08. The van der Waals surface area contributed by atoms with Crippen LogP contribution in [0.25, 0.3) is 11.0 Å². The number of pyridine rings is 1. The van der Waals surface area contributed by atoms with E-state index in [1.54, 1.807) is 13.3 Å². The van der Waals surface area contributed by atoms with Gasteiger partial charge in [0.25, 0.3) is 0 Å². The lowest BCUT2D eigenvalue weighted by Gasteiger charge is -2.11. The summed E-state index contributed by atoms with van der Waals surface area (Å²) < 4.78 is 32.6. The molecular formula is C19H22Cl2N4O3S. The van der Waals surface area contributed by atoms with Crippen molar-refractivity contribution < 1.29 is 13.2 Å². The molecule has 0 amide bonds. The van der Waals surface area contributed by atoms with Crippen LogP contribution in [0.3, 0.4) is 0 Å². The van der Waals surface area contributed by atoms with Crippen molar-refractivity contribution in [3.8, 4) is 0 Å². The molecule has 156 valence electrons. The fourth-order valence-electron chi connectivity index (χ4n) is 3.24. The third-order valence-electron chi connectivity index (χ3n) is 4.61. The van der Waals surface area contributed by atoms with Crippen molar-refractivity contribution in [2.24, 2.45) is 0 Å². The van der Waals surface area contributed by atoms with E-state index in [-0.39, 0.29) is 15.7 Å². The zero-order valence-corrected chi connectivity index (χ0v) is 18.5. The summed E-state index contributed by atoms with van der Waals surface area (Å²) in [6, 6.07) is 4.39. The second-order valence-corrected chi connectivity index (χ2v) is 9.61. The van der Waals surface area contributed by atoms with E-state index in [4.69, 9.17) is 33.7 Å². The number of sulfone groups is 1. The predicted octanol–water partition coefficient (Wildman–Crippen LogP) is 3.68. The van der Waals surface area contributed by atoms with Crippen LogP contribution >= 0.6 is 23.2 Å². The standard InChI is InChI=1S/C19H22Cl2N4O3S/c1-12-11-23-19(22)17-18(12)25(16(24-17)6-8-28-2)7-3-9-29(26,27)15-5-4-13(20)10-14(15)21/h4-5,10-11H,3,6-9H2,1-2H3,(H2,22,23). The van der Waals surface area contributed by atoms with Crippen LogP contribution in [0.4, 0.5) is 5.82 Å². The fourth-order valence-corrected chi connectivity index (χ4v) is 5.36. The smallest absolute Gasteiger partial charge is 0.179 e. The molecule has 1 aromatic carbocycles. The Kier molecular flexibility index (Phi) is 6.68. The summed E-state index contributed by atoms with van der Waals surface area (Å²) in [6.45, 7) is 2.88. The molecule has 0 aliphatic rings. The van der Waals surface area contributed by atoms with Crippen LogP contribution < -0.4 is 5.73 Å². The highest BCUT2D eigenvalue weighted by Gasteiger charge is 2.20. The summed E-state index contributed by atoms with van der Waals surface area (Å²) in [5, 5.41) is 0.518. The molecule has 0 unspecified atom stereocenters. The van der Waals surface area contributed by atoms with Gasteiger partial charge in [0.05, 0.1) is 27.8 Å². The molecule has 0 saturated carbocycles. The number of nitrogen functional groups attached to an aromatic ring is 1. The number of nitrogens with zero attached hydrogens (tertiary/aromatic N) is 3. The topological polar surface area (TPSA) is 100 Å². The number of anilines is 1. The maximum atomic E-state index is 12.7. The van der Waals surface area contributed by atoms with E-state index in [9.17, 15) is 8.42 Å². The predicted molar refractivity (Wildman–Crippen MR) is 115 cm³/mol. The van der Waals surface area contributed by atoms with Crippen molar-refractivity contribution in [3.05, 3.63) is 45.8 Å². The van der Waals surface area contributed by atoms with Crippen molar-refractivity contribution >= 4 is 49.9 Å². The zero-order valence-electron chi connectivity index (χ0n) is 16.2. The van der Waals surface area contributed by atoms with Gasteiger partial charge in [0.1, 0.15) is 11.3 Å². The number of rotatable bonds is 8. The van der Waals surface area contributed by atoms with Crippen LogP contribution in [0, 0.1) is 6.92 Å². The molecule has 0 aliphatic carbocycles. The van der Waals surface area contributed by atoms with Crippen molar-refractivity contribution in [1.29, 1.82) is 0 Å². The van der Waals surface area contributed by atoms with Crippen LogP contribution in [0.5, 0.6) is 0 Å². The van der Waals surface area contributed by atoms with Gasteiger partial charge in [-0.3, -0.25) is 0 Å². The highest BCUT2D eigenvalue weighted by molar-refractivity contribution is 7.91. The lowest BCUT2D eigenvalue weighted by atomic mass is 10.2. The van der Waals surface area contributed by atoms with Crippen LogP contribution in [0.1, 0.15) is 17.8 Å². The average Bonchev–Trinajstić information content (AvgIpc) is 3.02. The van der Waals surface area contributed by atoms with Gasteiger partial charge in [-0.05, 0) is 37.1 Å². The molecule has 2 heterocycles. The third kappa shape index (κ3) is 4.66. The number of aromatic nitrogens is 3. The van der Waals surface area contributed by atoms with E-state index >= 15 is 0 Å². The largest absolute Gasteiger partial charge is 0.384 e. The number of ether oxygens (including phenoxy) is 1. The van der Waals surface area contributed by atoms with Gasteiger partial charge in [-0.15, -0.1) is 0 Å². The molecule has 29 heavy (non-hydrogen) atoms. The third-order valence-corrected chi connectivity index (χ3v) is 7.13. The normalized spacial score (nSPS) is 12.0. The molecule has 0 aliphatic heterocycles. The molecule has 0 spiro atoms. The number of nitrogens with two attached hydrogens (primary N) is 1. The first-order valence-corrected chi connectivity index (χ1v) is 11.4. The molecule has 3 rings (SSSR count). The van der Waals surface area contributed by atoms with Crippen molar-refractivity contribution in [2.45, 2.75) is 31.2 Å². The molecule has 0 fully saturated rings. The first-order chi connectivity index (χ1) is 13.7. The number of methoxy groups -OCH3 is 1. The zero-order chi connectivity index (χ0) is 21.2. The highest BCUT2D eigenvalue weighted by atomic mass is 35.5. The average molecular weight is 457 g/mol. The fraction of sp³-hybridized carbons (Fsp3) is 0.368. The van der Waals surface area contributed by atoms with Crippen molar-refractivity contribution in [2.75, 3.05) is 25.2 Å². The Morgan fingerprint density at radius 2 is 2.03 bits per heavy atom. The maximum Gasteiger partial charge on any atom is 0.179 e. The first-order valence-electron chi connectivity index (χ1n) is 9.01. The molecule has 2 aromatic heterocycles. The summed E-state index contributed by atoms with van der Waals surface area (Å²) in [6.07, 6.45) is 2.66. The molecule has 0 radical (unpaired) electrons. The van der Waals surface area contributed by atoms with Gasteiger partial charge in [0.2, 0.25) is 0 Å².